The van der Waals surface area contributed by atoms with Gasteiger partial charge in [-0.2, -0.15) is 16.7 Å². The molecular weight excluding hydrogens is 274 g/mol. The van der Waals surface area contributed by atoms with Gasteiger partial charge in [-0.05, 0) is 21.1 Å². The summed E-state index contributed by atoms with van der Waals surface area (Å²) in [5, 5.41) is 7.60. The third-order valence-corrected chi connectivity index (χ3v) is 5.56. The summed E-state index contributed by atoms with van der Waals surface area (Å²) in [4.78, 5) is 9.33. The maximum absolute atomic E-state index is 5.56. The highest BCUT2D eigenvalue weighted by Crippen LogP contribution is 2.32. The molecule has 0 spiro atoms. The van der Waals surface area contributed by atoms with Crippen LogP contribution in [0.5, 0.6) is 0 Å². The van der Waals surface area contributed by atoms with Crippen LogP contribution in [0.1, 0.15) is 23.7 Å². The van der Waals surface area contributed by atoms with Gasteiger partial charge in [-0.25, -0.2) is 0 Å². The van der Waals surface area contributed by atoms with E-state index in [-0.39, 0.29) is 6.04 Å². The van der Waals surface area contributed by atoms with Gasteiger partial charge >= 0.3 is 0 Å². The molecule has 0 amide bonds. The molecule has 0 bridgehead atoms. The smallest absolute Gasteiger partial charge is 0.232 e. The van der Waals surface area contributed by atoms with Crippen LogP contribution in [0.3, 0.4) is 0 Å². The van der Waals surface area contributed by atoms with Crippen molar-refractivity contribution < 1.29 is 4.52 Å². The number of thioether (sulfide) groups is 1. The second kappa shape index (κ2) is 6.01. The number of hydrogen-bond acceptors (Lipinski definition) is 7. The second-order valence-corrected chi connectivity index (χ2v) is 6.86. The second-order valence-electron chi connectivity index (χ2n) is 5.79. The normalized spacial score (nSPS) is 32.9. The van der Waals surface area contributed by atoms with Gasteiger partial charge in [0.15, 0.2) is 5.82 Å². The van der Waals surface area contributed by atoms with Crippen LogP contribution in [-0.2, 0) is 0 Å². The van der Waals surface area contributed by atoms with E-state index in [4.69, 9.17) is 9.51 Å². The lowest BCUT2D eigenvalue weighted by Crippen LogP contribution is -2.45. The summed E-state index contributed by atoms with van der Waals surface area (Å²) in [6.45, 7) is 3.10. The third kappa shape index (κ3) is 2.72. The van der Waals surface area contributed by atoms with E-state index in [1.807, 2.05) is 18.8 Å². The van der Waals surface area contributed by atoms with Gasteiger partial charge < -0.3 is 14.7 Å². The standard InChI is InChI=1S/C13H23N5OS/c1-14-10-8-20-7-9(10)13-15-12(16-19-13)11-6-17(2)4-5-18(11)3/h9-11,14H,4-8H2,1-3H3. The fourth-order valence-electron chi connectivity index (χ4n) is 2.90. The largest absolute Gasteiger partial charge is 0.339 e. The molecule has 3 unspecified atom stereocenters. The molecule has 0 radical (unpaired) electrons. The van der Waals surface area contributed by atoms with Crippen molar-refractivity contribution >= 4 is 11.8 Å². The number of nitrogens with zero attached hydrogens (tertiary/aromatic N) is 4. The Morgan fingerprint density at radius 1 is 1.30 bits per heavy atom. The van der Waals surface area contributed by atoms with E-state index in [1.54, 1.807) is 0 Å². The first-order valence-electron chi connectivity index (χ1n) is 7.16. The third-order valence-electron chi connectivity index (χ3n) is 4.38. The minimum atomic E-state index is 0.244. The fourth-order valence-corrected chi connectivity index (χ4v) is 4.32. The number of likely N-dealkylation sites (N-methyl/N-ethyl adjacent to an activating group) is 3. The highest BCUT2D eigenvalue weighted by molar-refractivity contribution is 7.99. The van der Waals surface area contributed by atoms with E-state index >= 15 is 0 Å². The van der Waals surface area contributed by atoms with E-state index in [1.165, 1.54) is 0 Å². The Balaban J connectivity index is 1.76. The van der Waals surface area contributed by atoms with Gasteiger partial charge in [-0.3, -0.25) is 4.90 Å². The monoisotopic (exact) mass is 297 g/mol. The molecular formula is C13H23N5OS. The summed E-state index contributed by atoms with van der Waals surface area (Å²) in [5.41, 5.74) is 0. The molecule has 0 aliphatic carbocycles. The maximum atomic E-state index is 5.56. The van der Waals surface area contributed by atoms with E-state index in [9.17, 15) is 0 Å². The number of aromatic nitrogens is 2. The van der Waals surface area contributed by atoms with Crippen molar-refractivity contribution in [2.24, 2.45) is 0 Å². The quantitative estimate of drug-likeness (QED) is 0.867. The Morgan fingerprint density at radius 2 is 2.15 bits per heavy atom. The minimum absolute atomic E-state index is 0.244. The molecule has 20 heavy (non-hydrogen) atoms. The van der Waals surface area contributed by atoms with Crippen LogP contribution >= 0.6 is 11.8 Å². The summed E-state index contributed by atoms with van der Waals surface area (Å²) in [5.74, 6) is 4.16. The highest BCUT2D eigenvalue weighted by atomic mass is 32.2. The predicted molar refractivity (Wildman–Crippen MR) is 80.1 cm³/mol. The Hall–Kier alpha value is -0.630. The van der Waals surface area contributed by atoms with Gasteiger partial charge in [0.05, 0.1) is 12.0 Å². The van der Waals surface area contributed by atoms with Crippen molar-refractivity contribution in [3.63, 3.8) is 0 Å². The van der Waals surface area contributed by atoms with E-state index in [0.717, 1.165) is 42.9 Å². The van der Waals surface area contributed by atoms with Crippen LogP contribution in [-0.4, -0.2) is 78.3 Å². The van der Waals surface area contributed by atoms with Crippen molar-refractivity contribution in [3.05, 3.63) is 11.7 Å². The zero-order chi connectivity index (χ0) is 14.1. The first kappa shape index (κ1) is 14.3. The fraction of sp³-hybridized carbons (Fsp3) is 0.846. The summed E-state index contributed by atoms with van der Waals surface area (Å²) in [6.07, 6.45) is 0. The van der Waals surface area contributed by atoms with Crippen LogP contribution in [0.25, 0.3) is 0 Å². The Morgan fingerprint density at radius 3 is 2.95 bits per heavy atom. The highest BCUT2D eigenvalue weighted by Gasteiger charge is 2.34. The number of hydrogen-bond donors (Lipinski definition) is 1. The lowest BCUT2D eigenvalue weighted by Gasteiger charge is -2.35. The summed E-state index contributed by atoms with van der Waals surface area (Å²) in [7, 11) is 6.28. The zero-order valence-electron chi connectivity index (χ0n) is 12.4. The van der Waals surface area contributed by atoms with Crippen molar-refractivity contribution in [2.75, 3.05) is 52.3 Å². The molecule has 2 aliphatic heterocycles. The van der Waals surface area contributed by atoms with E-state index in [2.05, 4.69) is 34.4 Å². The molecule has 0 aromatic carbocycles. The average Bonchev–Trinajstić information content (AvgIpc) is 3.08. The topological polar surface area (TPSA) is 57.4 Å². The molecule has 2 fully saturated rings. The van der Waals surface area contributed by atoms with Gasteiger partial charge in [0.2, 0.25) is 5.89 Å². The van der Waals surface area contributed by atoms with Crippen molar-refractivity contribution in [3.8, 4) is 0 Å². The van der Waals surface area contributed by atoms with E-state index < -0.39 is 0 Å². The Bertz CT molecular complexity index is 454. The van der Waals surface area contributed by atoms with Gasteiger partial charge in [0.25, 0.3) is 0 Å². The lowest BCUT2D eigenvalue weighted by atomic mass is 10.0. The Labute approximate surface area is 124 Å². The summed E-state index contributed by atoms with van der Waals surface area (Å²) < 4.78 is 5.56. The molecule has 7 heteroatoms. The minimum Gasteiger partial charge on any atom is -0.339 e. The van der Waals surface area contributed by atoms with Crippen molar-refractivity contribution in [1.82, 2.24) is 25.3 Å². The molecule has 112 valence electrons. The van der Waals surface area contributed by atoms with Gasteiger partial charge in [-0.1, -0.05) is 5.16 Å². The Kier molecular flexibility index (Phi) is 4.30. The van der Waals surface area contributed by atoms with Crippen LogP contribution in [0.2, 0.25) is 0 Å². The van der Waals surface area contributed by atoms with Crippen LogP contribution in [0, 0.1) is 0 Å². The molecule has 1 N–H and O–H groups in total. The number of nitrogens with one attached hydrogen (secondary N) is 1. The maximum Gasteiger partial charge on any atom is 0.232 e. The lowest BCUT2D eigenvalue weighted by molar-refractivity contribution is 0.108. The SMILES string of the molecule is CNC1CSCC1c1nc(C2CN(C)CCN2C)no1. The summed E-state index contributed by atoms with van der Waals surface area (Å²) in [6, 6.07) is 0.688. The van der Waals surface area contributed by atoms with Crippen molar-refractivity contribution in [2.45, 2.75) is 18.0 Å². The molecule has 1 aromatic heterocycles. The molecule has 2 saturated heterocycles. The van der Waals surface area contributed by atoms with E-state index in [0.29, 0.717) is 12.0 Å². The van der Waals surface area contributed by atoms with Crippen LogP contribution < -0.4 is 5.32 Å². The molecule has 3 atom stereocenters. The zero-order valence-corrected chi connectivity index (χ0v) is 13.2. The van der Waals surface area contributed by atoms with Crippen LogP contribution in [0.4, 0.5) is 0 Å². The first-order valence-corrected chi connectivity index (χ1v) is 8.31. The number of rotatable bonds is 3. The molecule has 1 aromatic rings. The molecule has 2 aliphatic rings. The van der Waals surface area contributed by atoms with Crippen molar-refractivity contribution in [1.29, 1.82) is 0 Å². The average molecular weight is 297 g/mol. The van der Waals surface area contributed by atoms with Gasteiger partial charge in [-0.15, -0.1) is 0 Å². The van der Waals surface area contributed by atoms with Gasteiger partial charge in [0, 0.05) is 37.2 Å². The molecule has 3 rings (SSSR count). The first-order chi connectivity index (χ1) is 9.69. The molecule has 3 heterocycles. The van der Waals surface area contributed by atoms with Crippen LogP contribution in [0.15, 0.2) is 4.52 Å². The van der Waals surface area contributed by atoms with Gasteiger partial charge in [0.1, 0.15) is 0 Å². The predicted octanol–water partition coefficient (Wildman–Crippen LogP) is 0.406. The molecule has 0 saturated carbocycles. The molecule has 6 nitrogen and oxygen atoms in total. The summed E-state index contributed by atoms with van der Waals surface area (Å²) >= 11 is 1.95. The number of piperazine rings is 1.